The molecule has 9 heteroatoms. The Morgan fingerprint density at radius 3 is 2.93 bits per heavy atom. The zero-order valence-electron chi connectivity index (χ0n) is 15.4. The minimum atomic E-state index is -0.350. The first-order valence-electron chi connectivity index (χ1n) is 9.25. The van der Waals surface area contributed by atoms with Crippen LogP contribution in [-0.4, -0.2) is 45.2 Å². The second kappa shape index (κ2) is 7.27. The molecule has 0 radical (unpaired) electrons. The summed E-state index contributed by atoms with van der Waals surface area (Å²) < 4.78 is 1.65. The molecule has 2 aromatic rings. The van der Waals surface area contributed by atoms with Crippen molar-refractivity contribution in [1.82, 2.24) is 19.8 Å². The lowest BCUT2D eigenvalue weighted by molar-refractivity contribution is -0.124. The maximum Gasteiger partial charge on any atom is 0.324 e. The van der Waals surface area contributed by atoms with Crippen LogP contribution in [0.15, 0.2) is 9.95 Å². The van der Waals surface area contributed by atoms with E-state index in [2.05, 4.69) is 12.2 Å². The van der Waals surface area contributed by atoms with Gasteiger partial charge in [0.15, 0.2) is 5.16 Å². The molecule has 2 aliphatic rings. The molecule has 0 spiro atoms. The second-order valence-electron chi connectivity index (χ2n) is 7.04. The normalized spacial score (nSPS) is 19.4. The summed E-state index contributed by atoms with van der Waals surface area (Å²) >= 11 is 2.85. The third-order valence-corrected chi connectivity index (χ3v) is 7.29. The predicted octanol–water partition coefficient (Wildman–Crippen LogP) is 2.25. The molecular formula is C18H22N4O3S2. The van der Waals surface area contributed by atoms with Crippen LogP contribution in [0, 0.1) is 5.92 Å². The Morgan fingerprint density at radius 1 is 1.41 bits per heavy atom. The summed E-state index contributed by atoms with van der Waals surface area (Å²) in [4.78, 5) is 45.0. The summed E-state index contributed by atoms with van der Waals surface area (Å²) in [5, 5.41) is 3.94. The lowest BCUT2D eigenvalue weighted by Crippen LogP contribution is -2.35. The average molecular weight is 407 g/mol. The van der Waals surface area contributed by atoms with E-state index >= 15 is 0 Å². The van der Waals surface area contributed by atoms with E-state index in [4.69, 9.17) is 4.98 Å². The fourth-order valence-electron chi connectivity index (χ4n) is 3.71. The van der Waals surface area contributed by atoms with E-state index in [1.54, 1.807) is 15.9 Å². The van der Waals surface area contributed by atoms with Crippen LogP contribution in [0.3, 0.4) is 0 Å². The second-order valence-corrected chi connectivity index (χ2v) is 9.07. The summed E-state index contributed by atoms with van der Waals surface area (Å²) in [7, 11) is 0. The van der Waals surface area contributed by atoms with E-state index in [0.29, 0.717) is 30.7 Å². The van der Waals surface area contributed by atoms with Gasteiger partial charge in [0.2, 0.25) is 5.91 Å². The van der Waals surface area contributed by atoms with Crippen LogP contribution >= 0.6 is 23.1 Å². The number of amides is 3. The van der Waals surface area contributed by atoms with E-state index in [9.17, 15) is 14.4 Å². The zero-order chi connectivity index (χ0) is 19.1. The highest BCUT2D eigenvalue weighted by atomic mass is 32.2. The summed E-state index contributed by atoms with van der Waals surface area (Å²) in [5.74, 6) is 0.469. The van der Waals surface area contributed by atoms with Crippen LogP contribution in [0.1, 0.15) is 30.7 Å². The van der Waals surface area contributed by atoms with Gasteiger partial charge in [-0.05, 0) is 37.7 Å². The van der Waals surface area contributed by atoms with E-state index in [0.717, 1.165) is 29.5 Å². The molecule has 4 rings (SSSR count). The maximum absolute atomic E-state index is 13.1. The van der Waals surface area contributed by atoms with Crippen molar-refractivity contribution in [2.24, 2.45) is 5.92 Å². The van der Waals surface area contributed by atoms with Crippen molar-refractivity contribution < 1.29 is 9.59 Å². The summed E-state index contributed by atoms with van der Waals surface area (Å²) in [6.45, 7) is 5.53. The molecule has 144 valence electrons. The zero-order valence-corrected chi connectivity index (χ0v) is 17.0. The number of rotatable bonds is 4. The molecule has 0 aromatic carbocycles. The van der Waals surface area contributed by atoms with Gasteiger partial charge in [0.25, 0.3) is 5.56 Å². The van der Waals surface area contributed by atoms with Gasteiger partial charge in [0.1, 0.15) is 4.83 Å². The standard InChI is InChI=1S/C18H22N4O3S2/c1-3-21-16(24)14-11-5-4-10(2)8-12(11)27-15(14)20-18(21)26-9-13(23)22-7-6-19-17(22)25/h10H,3-9H2,1-2H3,(H,19,25)/t10-/m1/s1. The smallest absolute Gasteiger partial charge is 0.324 e. The van der Waals surface area contributed by atoms with Crippen LogP contribution in [0.5, 0.6) is 0 Å². The minimum absolute atomic E-state index is 0.0107. The van der Waals surface area contributed by atoms with Crippen molar-refractivity contribution in [3.63, 3.8) is 0 Å². The number of aryl methyl sites for hydroxylation is 1. The van der Waals surface area contributed by atoms with E-state index < -0.39 is 0 Å². The molecule has 1 N–H and O–H groups in total. The Kier molecular flexibility index (Phi) is 4.98. The number of nitrogens with one attached hydrogen (secondary N) is 1. The predicted molar refractivity (Wildman–Crippen MR) is 107 cm³/mol. The Balaban J connectivity index is 1.65. The highest BCUT2D eigenvalue weighted by Gasteiger charge is 2.27. The van der Waals surface area contributed by atoms with Gasteiger partial charge in [0, 0.05) is 24.5 Å². The molecule has 1 aliphatic carbocycles. The topological polar surface area (TPSA) is 84.3 Å². The van der Waals surface area contributed by atoms with Gasteiger partial charge in [-0.3, -0.25) is 19.1 Å². The molecule has 1 fully saturated rings. The molecule has 3 heterocycles. The van der Waals surface area contributed by atoms with Crippen molar-refractivity contribution in [2.45, 2.75) is 44.8 Å². The molecule has 3 amide bonds. The van der Waals surface area contributed by atoms with Crippen LogP contribution in [0.2, 0.25) is 0 Å². The van der Waals surface area contributed by atoms with Gasteiger partial charge in [-0.1, -0.05) is 18.7 Å². The Hall–Kier alpha value is -1.87. The molecular weight excluding hydrogens is 384 g/mol. The summed E-state index contributed by atoms with van der Waals surface area (Å²) in [6.07, 6.45) is 3.05. The quantitative estimate of drug-likeness (QED) is 0.622. The summed E-state index contributed by atoms with van der Waals surface area (Å²) in [5.41, 5.74) is 1.16. The summed E-state index contributed by atoms with van der Waals surface area (Å²) in [6, 6.07) is -0.350. The van der Waals surface area contributed by atoms with Crippen molar-refractivity contribution in [1.29, 1.82) is 0 Å². The minimum Gasteiger partial charge on any atom is -0.336 e. The first-order valence-corrected chi connectivity index (χ1v) is 11.1. The molecule has 0 bridgehead atoms. The molecule has 27 heavy (non-hydrogen) atoms. The first kappa shape index (κ1) is 18.5. The highest BCUT2D eigenvalue weighted by molar-refractivity contribution is 7.99. The third kappa shape index (κ3) is 3.27. The highest BCUT2D eigenvalue weighted by Crippen LogP contribution is 2.36. The van der Waals surface area contributed by atoms with Crippen LogP contribution < -0.4 is 10.9 Å². The van der Waals surface area contributed by atoms with Gasteiger partial charge >= 0.3 is 6.03 Å². The van der Waals surface area contributed by atoms with Crippen LogP contribution in [0.4, 0.5) is 4.79 Å². The van der Waals surface area contributed by atoms with E-state index in [-0.39, 0.29) is 23.3 Å². The van der Waals surface area contributed by atoms with E-state index in [1.807, 2.05) is 6.92 Å². The largest absolute Gasteiger partial charge is 0.336 e. The average Bonchev–Trinajstić information content (AvgIpc) is 3.22. The number of imide groups is 1. The fraction of sp³-hybridized carbons (Fsp3) is 0.556. The number of urea groups is 1. The number of aromatic nitrogens is 2. The molecule has 7 nitrogen and oxygen atoms in total. The number of thiophene rings is 1. The SMILES string of the molecule is CCn1c(SCC(=O)N2CCNC2=O)nc2sc3c(c2c1=O)CC[C@@H](C)C3. The first-order chi connectivity index (χ1) is 13.0. The molecule has 0 unspecified atom stereocenters. The number of carbonyl (C=O) groups is 2. The van der Waals surface area contributed by atoms with E-state index in [1.165, 1.54) is 27.1 Å². The molecule has 1 saturated heterocycles. The number of hydrogen-bond acceptors (Lipinski definition) is 6. The number of nitrogens with zero attached hydrogens (tertiary/aromatic N) is 3. The van der Waals surface area contributed by atoms with Crippen molar-refractivity contribution in [2.75, 3.05) is 18.8 Å². The van der Waals surface area contributed by atoms with Crippen LogP contribution in [-0.2, 0) is 24.2 Å². The number of thioether (sulfide) groups is 1. The Labute approximate surface area is 165 Å². The third-order valence-electron chi connectivity index (χ3n) is 5.18. The molecule has 2 aromatic heterocycles. The van der Waals surface area contributed by atoms with Crippen LogP contribution in [0.25, 0.3) is 10.2 Å². The van der Waals surface area contributed by atoms with Gasteiger partial charge in [-0.25, -0.2) is 9.78 Å². The molecule has 1 atom stereocenters. The number of hydrogen-bond donors (Lipinski definition) is 1. The van der Waals surface area contributed by atoms with Crippen molar-refractivity contribution in [3.8, 4) is 0 Å². The molecule has 1 aliphatic heterocycles. The van der Waals surface area contributed by atoms with Gasteiger partial charge in [-0.15, -0.1) is 11.3 Å². The van der Waals surface area contributed by atoms with Gasteiger partial charge in [-0.2, -0.15) is 0 Å². The van der Waals surface area contributed by atoms with Crippen molar-refractivity contribution in [3.05, 3.63) is 20.8 Å². The van der Waals surface area contributed by atoms with Gasteiger partial charge < -0.3 is 5.32 Å². The Morgan fingerprint density at radius 2 is 2.22 bits per heavy atom. The maximum atomic E-state index is 13.1. The lowest BCUT2D eigenvalue weighted by atomic mass is 9.89. The molecule has 0 saturated carbocycles. The monoisotopic (exact) mass is 406 g/mol. The van der Waals surface area contributed by atoms with Crippen molar-refractivity contribution >= 4 is 45.3 Å². The number of carbonyl (C=O) groups excluding carboxylic acids is 2. The lowest BCUT2D eigenvalue weighted by Gasteiger charge is -2.17. The Bertz CT molecular complexity index is 981. The fourth-order valence-corrected chi connectivity index (χ4v) is 6.07. The number of fused-ring (bicyclic) bond motifs is 3. The van der Waals surface area contributed by atoms with Gasteiger partial charge in [0.05, 0.1) is 11.1 Å².